The molecule has 0 N–H and O–H groups in total. The van der Waals surface area contributed by atoms with Crippen molar-refractivity contribution in [2.45, 2.75) is 0 Å². The van der Waals surface area contributed by atoms with E-state index in [0.717, 1.165) is 102 Å². The Morgan fingerprint density at radius 3 is 0.667 bits per heavy atom. The molecule has 4 aromatic heterocycles. The Kier molecular flexibility index (Phi) is 9.65. The van der Waals surface area contributed by atoms with Crippen molar-refractivity contribution in [2.24, 2.45) is 0 Å². The van der Waals surface area contributed by atoms with Crippen LogP contribution < -0.4 is 19.6 Å². The molecule has 0 bridgehead atoms. The van der Waals surface area contributed by atoms with Crippen molar-refractivity contribution in [1.82, 2.24) is 19.9 Å². The molecule has 8 heteroatoms. The average Bonchev–Trinajstić information content (AvgIpc) is 3.92. The van der Waals surface area contributed by atoms with Gasteiger partial charge in [-0.05, 0) is 117 Å². The first kappa shape index (κ1) is 38.5. The maximum atomic E-state index is 4.75. The fraction of sp³-hybridized carbons (Fsp3) is 0. The van der Waals surface area contributed by atoms with Gasteiger partial charge in [-0.15, -0.1) is 0 Å². The fourth-order valence-electron chi connectivity index (χ4n) is 9.34. The molecule has 0 unspecified atom stereocenters. The van der Waals surface area contributed by atoms with E-state index < -0.39 is 0 Å². The van der Waals surface area contributed by atoms with Gasteiger partial charge in [0.05, 0.1) is 70.3 Å². The van der Waals surface area contributed by atoms with E-state index in [2.05, 4.69) is 189 Å². The predicted octanol–water partition coefficient (Wildman–Crippen LogP) is 14.3. The van der Waals surface area contributed by atoms with Gasteiger partial charge in [0.1, 0.15) is 0 Å². The minimum atomic E-state index is 0.863. The van der Waals surface area contributed by atoms with Crippen LogP contribution in [0, 0.1) is 0 Å². The lowest BCUT2D eigenvalue weighted by Gasteiger charge is -2.33. The van der Waals surface area contributed by atoms with E-state index in [-0.39, 0.29) is 0 Å². The summed E-state index contributed by atoms with van der Waals surface area (Å²) in [4.78, 5) is 28.4. The first-order valence-corrected chi connectivity index (χ1v) is 21.9. The molecule has 66 heavy (non-hydrogen) atoms. The molecule has 6 heterocycles. The third kappa shape index (κ3) is 6.64. The van der Waals surface area contributed by atoms with E-state index >= 15 is 0 Å². The first-order valence-electron chi connectivity index (χ1n) is 21.9. The van der Waals surface area contributed by atoms with Gasteiger partial charge in [0.15, 0.2) is 11.6 Å². The summed E-state index contributed by atoms with van der Waals surface area (Å²) in [5.41, 5.74) is 16.4. The van der Waals surface area contributed by atoms with Gasteiger partial charge in [0.25, 0.3) is 0 Å². The molecule has 0 aliphatic carbocycles. The van der Waals surface area contributed by atoms with Gasteiger partial charge >= 0.3 is 0 Å². The summed E-state index contributed by atoms with van der Waals surface area (Å²) >= 11 is 0. The van der Waals surface area contributed by atoms with Crippen molar-refractivity contribution >= 4 is 45.5 Å². The number of hydrogen-bond donors (Lipinski definition) is 0. The molecule has 2 aliphatic rings. The first-order chi connectivity index (χ1) is 32.8. The quantitative estimate of drug-likeness (QED) is 0.150. The number of rotatable bonds is 8. The number of pyridine rings is 4. The minimum absolute atomic E-state index is 0.863. The van der Waals surface area contributed by atoms with E-state index in [4.69, 9.17) is 19.9 Å². The van der Waals surface area contributed by atoms with Crippen LogP contribution >= 0.6 is 0 Å². The van der Waals surface area contributed by atoms with Crippen LogP contribution in [0.4, 0.5) is 45.5 Å². The highest BCUT2D eigenvalue weighted by Gasteiger charge is 2.45. The zero-order valence-corrected chi connectivity index (χ0v) is 35.7. The fourth-order valence-corrected chi connectivity index (χ4v) is 9.34. The highest BCUT2D eigenvalue weighted by molar-refractivity contribution is 6.05. The van der Waals surface area contributed by atoms with E-state index in [0.29, 0.717) is 0 Å². The molecule has 0 atom stereocenters. The Labute approximate surface area is 383 Å². The molecular formula is C58H40N8. The average molecular weight is 849 g/mol. The van der Waals surface area contributed by atoms with E-state index in [1.165, 1.54) is 0 Å². The van der Waals surface area contributed by atoms with Crippen molar-refractivity contribution < 1.29 is 0 Å². The zero-order chi connectivity index (χ0) is 43.8. The van der Waals surface area contributed by atoms with Gasteiger partial charge in [-0.2, -0.15) is 0 Å². The second-order valence-corrected chi connectivity index (χ2v) is 16.1. The number of nitrogens with zero attached hydrogens (tertiary/aromatic N) is 8. The molecule has 10 aromatic rings. The van der Waals surface area contributed by atoms with Crippen LogP contribution in [0.2, 0.25) is 0 Å². The van der Waals surface area contributed by atoms with Gasteiger partial charge in [0.2, 0.25) is 0 Å². The third-order valence-electron chi connectivity index (χ3n) is 12.2. The third-order valence-corrected chi connectivity index (χ3v) is 12.2. The molecule has 2 aliphatic heterocycles. The van der Waals surface area contributed by atoms with Crippen molar-refractivity contribution in [3.8, 4) is 44.5 Å². The lowest BCUT2D eigenvalue weighted by molar-refractivity contribution is 0.997. The van der Waals surface area contributed by atoms with E-state index in [9.17, 15) is 0 Å². The highest BCUT2D eigenvalue weighted by atomic mass is 15.5. The van der Waals surface area contributed by atoms with Crippen molar-refractivity contribution in [2.75, 3.05) is 19.6 Å². The standard InChI is InChI=1S/C58H40N8/c1-5-17-41(18-6-1)49-33-53-54(34-50(49)42-19-7-2-8-20-42)64(46-26-14-30-60-38-46)57(63(53)45-25-13-29-59-37-45)58-65(47-27-15-31-61-39-47)55-35-51(43-21-9-3-10-22-43)52(44-23-11-4-12-24-44)36-56(55)66(58)48-28-16-32-62-40-48/h1-40H. The van der Waals surface area contributed by atoms with Crippen LogP contribution in [0.25, 0.3) is 44.5 Å². The normalized spacial score (nSPS) is 13.0. The number of aromatic nitrogens is 4. The Balaban J connectivity index is 1.25. The number of hydrogen-bond acceptors (Lipinski definition) is 8. The molecule has 0 radical (unpaired) electrons. The number of anilines is 8. The lowest BCUT2D eigenvalue weighted by atomic mass is 9.93. The smallest absolute Gasteiger partial charge is 0.166 e. The number of benzene rings is 6. The van der Waals surface area contributed by atoms with Gasteiger partial charge in [-0.25, -0.2) is 0 Å². The molecule has 0 saturated carbocycles. The second-order valence-electron chi connectivity index (χ2n) is 16.1. The van der Waals surface area contributed by atoms with E-state index in [1.807, 2.05) is 73.8 Å². The molecular weight excluding hydrogens is 809 g/mol. The largest absolute Gasteiger partial charge is 0.289 e. The van der Waals surface area contributed by atoms with E-state index in [1.54, 1.807) is 0 Å². The topological polar surface area (TPSA) is 64.5 Å². The Morgan fingerprint density at radius 2 is 0.470 bits per heavy atom. The summed E-state index contributed by atoms with van der Waals surface area (Å²) in [6, 6.07) is 68.4. The van der Waals surface area contributed by atoms with Crippen LogP contribution in [0.15, 0.2) is 255 Å². The SMILES string of the molecule is c1ccc(-c2cc3c(cc2-c2ccccc2)N(c2cccnc2)C(=C2N(c4cccnc4)c4cc(-c5ccccc5)c(-c5ccccc5)cc4N2c2cccnc2)N3c2cccnc2)cc1. The molecule has 0 spiro atoms. The van der Waals surface area contributed by atoms with Crippen LogP contribution in [-0.4, -0.2) is 19.9 Å². The summed E-state index contributed by atoms with van der Waals surface area (Å²) in [7, 11) is 0. The monoisotopic (exact) mass is 848 g/mol. The predicted molar refractivity (Wildman–Crippen MR) is 267 cm³/mol. The minimum Gasteiger partial charge on any atom is -0.289 e. The maximum absolute atomic E-state index is 4.75. The van der Waals surface area contributed by atoms with Crippen molar-refractivity contribution in [3.05, 3.63) is 255 Å². The summed E-state index contributed by atoms with van der Waals surface area (Å²) in [6.45, 7) is 0. The number of fused-ring (bicyclic) bond motifs is 2. The van der Waals surface area contributed by atoms with Crippen LogP contribution in [0.3, 0.4) is 0 Å². The lowest BCUT2D eigenvalue weighted by Crippen LogP contribution is -2.33. The second kappa shape index (κ2) is 16.5. The maximum Gasteiger partial charge on any atom is 0.166 e. The molecule has 312 valence electrons. The Hall–Kier alpha value is -9.14. The van der Waals surface area contributed by atoms with Gasteiger partial charge in [0, 0.05) is 24.8 Å². The Bertz CT molecular complexity index is 2890. The van der Waals surface area contributed by atoms with Crippen LogP contribution in [-0.2, 0) is 0 Å². The van der Waals surface area contributed by atoms with Crippen molar-refractivity contribution in [1.29, 1.82) is 0 Å². The van der Waals surface area contributed by atoms with Gasteiger partial charge in [-0.3, -0.25) is 39.5 Å². The van der Waals surface area contributed by atoms with Gasteiger partial charge in [-0.1, -0.05) is 121 Å². The highest BCUT2D eigenvalue weighted by Crippen LogP contribution is 2.59. The van der Waals surface area contributed by atoms with Gasteiger partial charge < -0.3 is 0 Å². The summed E-state index contributed by atoms with van der Waals surface area (Å²) in [6.07, 6.45) is 15.1. The molecule has 0 amide bonds. The summed E-state index contributed by atoms with van der Waals surface area (Å²) < 4.78 is 0. The molecule has 8 nitrogen and oxygen atoms in total. The Morgan fingerprint density at radius 1 is 0.242 bits per heavy atom. The summed E-state index contributed by atoms with van der Waals surface area (Å²) in [5, 5.41) is 0. The zero-order valence-electron chi connectivity index (χ0n) is 35.7. The molecule has 0 saturated heterocycles. The molecule has 12 rings (SSSR count). The van der Waals surface area contributed by atoms with Crippen LogP contribution in [0.5, 0.6) is 0 Å². The van der Waals surface area contributed by atoms with Crippen molar-refractivity contribution in [3.63, 3.8) is 0 Å². The molecule has 0 fully saturated rings. The molecule has 6 aromatic carbocycles. The van der Waals surface area contributed by atoms with Crippen LogP contribution in [0.1, 0.15) is 0 Å². The summed E-state index contributed by atoms with van der Waals surface area (Å²) in [5.74, 6) is 1.73.